The van der Waals surface area contributed by atoms with Crippen LogP contribution in [0.2, 0.25) is 0 Å². The van der Waals surface area contributed by atoms with Crippen LogP contribution in [-0.2, 0) is 0 Å². The van der Waals surface area contributed by atoms with Crippen molar-refractivity contribution in [3.05, 3.63) is 82.2 Å². The van der Waals surface area contributed by atoms with Crippen molar-refractivity contribution >= 4 is 11.8 Å². The summed E-state index contributed by atoms with van der Waals surface area (Å²) in [7, 11) is 0. The van der Waals surface area contributed by atoms with E-state index in [0.717, 1.165) is 17.1 Å². The maximum Gasteiger partial charge on any atom is 0.220 e. The monoisotopic (exact) mass is 340 g/mol. The Morgan fingerprint density at radius 3 is 2.33 bits per heavy atom. The van der Waals surface area contributed by atoms with Gasteiger partial charge in [0.25, 0.3) is 0 Å². The number of nitro groups is 1. The highest BCUT2D eigenvalue weighted by molar-refractivity contribution is 7.99. The van der Waals surface area contributed by atoms with Crippen LogP contribution in [0.25, 0.3) is 5.69 Å². The lowest BCUT2D eigenvalue weighted by Gasteiger charge is -2.14. The Balaban J connectivity index is 1.95. The molecule has 0 amide bonds. The molecule has 0 aliphatic heterocycles. The number of thioether (sulfide) groups is 1. The molecule has 3 aromatic rings. The van der Waals surface area contributed by atoms with Crippen molar-refractivity contribution in [2.24, 2.45) is 0 Å². The molecule has 122 valence electrons. The summed E-state index contributed by atoms with van der Waals surface area (Å²) in [6.45, 7) is 1.70. The molecule has 2 aromatic carbocycles. The fourth-order valence-electron chi connectivity index (χ4n) is 2.43. The van der Waals surface area contributed by atoms with Crippen LogP contribution in [0.4, 0.5) is 0 Å². The van der Waals surface area contributed by atoms with Crippen LogP contribution in [0.1, 0.15) is 16.6 Å². The lowest BCUT2D eigenvalue weighted by molar-refractivity contribution is -0.479. The van der Waals surface area contributed by atoms with Gasteiger partial charge in [0.1, 0.15) is 11.1 Å². The van der Waals surface area contributed by atoms with Gasteiger partial charge in [0.15, 0.2) is 5.16 Å². The average Bonchev–Trinajstić information content (AvgIpc) is 2.96. The predicted molar refractivity (Wildman–Crippen MR) is 93.0 cm³/mol. The zero-order valence-corrected chi connectivity index (χ0v) is 13.9. The van der Waals surface area contributed by atoms with E-state index in [1.54, 1.807) is 0 Å². The summed E-state index contributed by atoms with van der Waals surface area (Å²) in [4.78, 5) is 10.8. The average molecular weight is 340 g/mol. The van der Waals surface area contributed by atoms with E-state index in [1.807, 2.05) is 72.2 Å². The third-order valence-electron chi connectivity index (χ3n) is 3.54. The molecule has 1 aromatic heterocycles. The normalized spacial score (nSPS) is 12.0. The molecule has 24 heavy (non-hydrogen) atoms. The predicted octanol–water partition coefficient (Wildman–Crippen LogP) is 3.69. The van der Waals surface area contributed by atoms with Gasteiger partial charge in [-0.25, -0.2) is 0 Å². The van der Waals surface area contributed by atoms with E-state index < -0.39 is 0 Å². The molecule has 0 aliphatic carbocycles. The van der Waals surface area contributed by atoms with Crippen molar-refractivity contribution < 1.29 is 4.92 Å². The Kier molecular flexibility index (Phi) is 4.90. The van der Waals surface area contributed by atoms with Crippen LogP contribution in [0.3, 0.4) is 0 Å². The van der Waals surface area contributed by atoms with Crippen molar-refractivity contribution in [1.29, 1.82) is 0 Å². The molecule has 0 saturated heterocycles. The quantitative estimate of drug-likeness (QED) is 0.389. The third-order valence-corrected chi connectivity index (χ3v) is 4.72. The third kappa shape index (κ3) is 3.62. The fraction of sp³-hybridized carbons (Fsp3) is 0.176. The van der Waals surface area contributed by atoms with E-state index in [0.29, 0.717) is 5.16 Å². The lowest BCUT2D eigenvalue weighted by atomic mass is 10.1. The Morgan fingerprint density at radius 2 is 1.71 bits per heavy atom. The molecule has 7 heteroatoms. The molecule has 6 nitrogen and oxygen atoms in total. The van der Waals surface area contributed by atoms with Crippen LogP contribution in [0.15, 0.2) is 65.8 Å². The second-order valence-corrected chi connectivity index (χ2v) is 6.40. The molecule has 3 rings (SSSR count). The van der Waals surface area contributed by atoms with Crippen molar-refractivity contribution in [2.75, 3.05) is 6.54 Å². The first kappa shape index (κ1) is 16.2. The summed E-state index contributed by atoms with van der Waals surface area (Å²) >= 11 is 1.36. The van der Waals surface area contributed by atoms with Gasteiger partial charge in [-0.2, -0.15) is 0 Å². The van der Waals surface area contributed by atoms with E-state index in [2.05, 4.69) is 10.2 Å². The number of benzene rings is 2. The van der Waals surface area contributed by atoms with E-state index in [-0.39, 0.29) is 16.7 Å². The van der Waals surface area contributed by atoms with Crippen LogP contribution < -0.4 is 0 Å². The molecule has 0 aliphatic rings. The molecular weight excluding hydrogens is 324 g/mol. The number of aryl methyl sites for hydroxylation is 1. The fourth-order valence-corrected chi connectivity index (χ4v) is 3.61. The molecule has 0 spiro atoms. The molecule has 0 radical (unpaired) electrons. The summed E-state index contributed by atoms with van der Waals surface area (Å²) in [5, 5.41) is 19.8. The highest BCUT2D eigenvalue weighted by Crippen LogP contribution is 2.35. The second kappa shape index (κ2) is 7.27. The highest BCUT2D eigenvalue weighted by atomic mass is 32.2. The van der Waals surface area contributed by atoms with E-state index in [1.165, 1.54) is 11.8 Å². The van der Waals surface area contributed by atoms with Crippen LogP contribution >= 0.6 is 11.8 Å². The Hall–Kier alpha value is -2.67. The molecule has 1 atom stereocenters. The number of rotatable bonds is 6. The van der Waals surface area contributed by atoms with Gasteiger partial charge in [0.2, 0.25) is 6.54 Å². The molecular formula is C17H16N4O2S. The van der Waals surface area contributed by atoms with E-state index in [9.17, 15) is 10.1 Å². The van der Waals surface area contributed by atoms with Crippen LogP contribution in [0, 0.1) is 17.0 Å². The van der Waals surface area contributed by atoms with Crippen molar-refractivity contribution in [3.8, 4) is 5.69 Å². The Bertz CT molecular complexity index is 821. The first-order valence-electron chi connectivity index (χ1n) is 7.46. The van der Waals surface area contributed by atoms with Gasteiger partial charge in [0, 0.05) is 10.6 Å². The van der Waals surface area contributed by atoms with Gasteiger partial charge >= 0.3 is 0 Å². The first-order valence-corrected chi connectivity index (χ1v) is 8.34. The molecule has 0 N–H and O–H groups in total. The zero-order valence-electron chi connectivity index (χ0n) is 13.1. The second-order valence-electron chi connectivity index (χ2n) is 5.23. The van der Waals surface area contributed by atoms with Crippen molar-refractivity contribution in [1.82, 2.24) is 14.8 Å². The summed E-state index contributed by atoms with van der Waals surface area (Å²) in [5.41, 5.74) is 1.84. The maximum absolute atomic E-state index is 11.1. The van der Waals surface area contributed by atoms with Crippen molar-refractivity contribution in [3.63, 3.8) is 0 Å². The topological polar surface area (TPSA) is 73.8 Å². The number of nitrogens with zero attached hydrogens (tertiary/aromatic N) is 4. The van der Waals surface area contributed by atoms with Gasteiger partial charge in [-0.3, -0.25) is 14.7 Å². The maximum atomic E-state index is 11.1. The zero-order chi connectivity index (χ0) is 16.9. The number of para-hydroxylation sites is 1. The number of hydrogen-bond donors (Lipinski definition) is 0. The minimum atomic E-state index is -0.327. The summed E-state index contributed by atoms with van der Waals surface area (Å²) in [5.74, 6) is 0.747. The van der Waals surface area contributed by atoms with Crippen LogP contribution in [0.5, 0.6) is 0 Å². The SMILES string of the molecule is Cc1nnc(S[C@H](C[N+](=O)[O-])c2ccccc2)n1-c1ccccc1. The van der Waals surface area contributed by atoms with Gasteiger partial charge in [-0.15, -0.1) is 10.2 Å². The molecule has 1 heterocycles. The lowest BCUT2D eigenvalue weighted by Crippen LogP contribution is -2.11. The number of aromatic nitrogens is 3. The molecule has 0 bridgehead atoms. The van der Waals surface area contributed by atoms with E-state index in [4.69, 9.17) is 0 Å². The smallest absolute Gasteiger partial charge is 0.220 e. The first-order chi connectivity index (χ1) is 11.6. The standard InChI is InChI=1S/C17H16N4O2S/c1-13-18-19-17(21(13)15-10-6-3-7-11-15)24-16(12-20(22)23)14-8-4-2-5-9-14/h2-11,16H,12H2,1H3/t16-/m1/s1. The summed E-state index contributed by atoms with van der Waals surface area (Å²) in [6, 6.07) is 19.2. The van der Waals surface area contributed by atoms with Crippen LogP contribution in [-0.4, -0.2) is 26.2 Å². The largest absolute Gasteiger partial charge is 0.274 e. The summed E-state index contributed by atoms with van der Waals surface area (Å²) < 4.78 is 1.92. The minimum absolute atomic E-state index is 0.171. The van der Waals surface area contributed by atoms with Crippen molar-refractivity contribution in [2.45, 2.75) is 17.3 Å². The molecule has 0 unspecified atom stereocenters. The minimum Gasteiger partial charge on any atom is -0.274 e. The highest BCUT2D eigenvalue weighted by Gasteiger charge is 2.23. The van der Waals surface area contributed by atoms with E-state index >= 15 is 0 Å². The van der Waals surface area contributed by atoms with Gasteiger partial charge < -0.3 is 0 Å². The van der Waals surface area contributed by atoms with Gasteiger partial charge in [0.05, 0.1) is 0 Å². The Labute approximate surface area is 143 Å². The van der Waals surface area contributed by atoms with Gasteiger partial charge in [-0.05, 0) is 24.6 Å². The van der Waals surface area contributed by atoms with Gasteiger partial charge in [-0.1, -0.05) is 60.3 Å². The number of hydrogen-bond acceptors (Lipinski definition) is 5. The Morgan fingerprint density at radius 1 is 1.08 bits per heavy atom. The molecule has 0 fully saturated rings. The molecule has 0 saturated carbocycles. The summed E-state index contributed by atoms with van der Waals surface area (Å²) in [6.07, 6.45) is 0.